The second-order valence-corrected chi connectivity index (χ2v) is 5.61. The first-order valence-electron chi connectivity index (χ1n) is 8.21. The molecule has 120 valence electrons. The van der Waals surface area contributed by atoms with Gasteiger partial charge in [0.05, 0.1) is 12.3 Å². The highest BCUT2D eigenvalue weighted by Gasteiger charge is 2.14. The Bertz CT molecular complexity index is 765. The van der Waals surface area contributed by atoms with Crippen molar-refractivity contribution in [3.8, 4) is 17.0 Å². The summed E-state index contributed by atoms with van der Waals surface area (Å²) >= 11 is 0. The molecule has 1 aromatic carbocycles. The minimum Gasteiger partial charge on any atom is -0.494 e. The fourth-order valence-electron chi connectivity index (χ4n) is 2.95. The number of rotatable bonds is 7. The van der Waals surface area contributed by atoms with E-state index in [4.69, 9.17) is 10.5 Å². The summed E-state index contributed by atoms with van der Waals surface area (Å²) in [7, 11) is 0. The van der Waals surface area contributed by atoms with Gasteiger partial charge in [0.2, 0.25) is 0 Å². The zero-order valence-corrected chi connectivity index (χ0v) is 13.5. The van der Waals surface area contributed by atoms with Crippen molar-refractivity contribution in [2.24, 2.45) is 5.73 Å². The summed E-state index contributed by atoms with van der Waals surface area (Å²) in [4.78, 5) is 7.80. The van der Waals surface area contributed by atoms with Crippen LogP contribution in [0.25, 0.3) is 22.2 Å². The molecule has 0 aliphatic rings. The van der Waals surface area contributed by atoms with Gasteiger partial charge in [-0.05, 0) is 68.6 Å². The van der Waals surface area contributed by atoms with Crippen molar-refractivity contribution in [1.82, 2.24) is 9.97 Å². The highest BCUT2D eigenvalue weighted by Crippen LogP contribution is 2.33. The van der Waals surface area contributed by atoms with E-state index in [0.717, 1.165) is 48.3 Å². The molecule has 3 rings (SSSR count). The predicted molar refractivity (Wildman–Crippen MR) is 94.7 cm³/mol. The Balaban J connectivity index is 2.08. The van der Waals surface area contributed by atoms with Gasteiger partial charge in [0, 0.05) is 28.9 Å². The second-order valence-electron chi connectivity index (χ2n) is 5.61. The molecule has 2 heterocycles. The van der Waals surface area contributed by atoms with E-state index in [1.54, 1.807) is 6.20 Å². The van der Waals surface area contributed by atoms with Gasteiger partial charge in [-0.3, -0.25) is 4.98 Å². The molecule has 0 amide bonds. The lowest BCUT2D eigenvalue weighted by Crippen LogP contribution is -1.99. The highest BCUT2D eigenvalue weighted by molar-refractivity contribution is 5.91. The first-order valence-corrected chi connectivity index (χ1v) is 8.21. The average Bonchev–Trinajstić information content (AvgIpc) is 2.94. The summed E-state index contributed by atoms with van der Waals surface area (Å²) in [5.74, 6) is 0.914. The number of aromatic nitrogens is 2. The SMILES string of the molecule is CCOc1ccc2[nH]c(-c3cccnc3)c(CCCCN)c2c1. The van der Waals surface area contributed by atoms with Gasteiger partial charge < -0.3 is 15.5 Å². The number of pyridine rings is 1. The van der Waals surface area contributed by atoms with Crippen LogP contribution in [0.2, 0.25) is 0 Å². The molecule has 0 unspecified atom stereocenters. The normalized spacial score (nSPS) is 11.0. The first-order chi connectivity index (χ1) is 11.3. The van der Waals surface area contributed by atoms with Crippen LogP contribution in [0.1, 0.15) is 25.3 Å². The molecule has 4 heteroatoms. The van der Waals surface area contributed by atoms with Crippen LogP contribution in [-0.4, -0.2) is 23.1 Å². The van der Waals surface area contributed by atoms with Crippen LogP contribution in [0.4, 0.5) is 0 Å². The molecule has 0 saturated carbocycles. The minimum atomic E-state index is 0.675. The van der Waals surface area contributed by atoms with Gasteiger partial charge in [0.15, 0.2) is 0 Å². The van der Waals surface area contributed by atoms with Crippen LogP contribution in [0, 0.1) is 0 Å². The number of aryl methyl sites for hydroxylation is 1. The third-order valence-electron chi connectivity index (χ3n) is 4.02. The van der Waals surface area contributed by atoms with Crippen LogP contribution in [0.5, 0.6) is 5.75 Å². The Kier molecular flexibility index (Phi) is 4.93. The van der Waals surface area contributed by atoms with Crippen molar-refractivity contribution < 1.29 is 4.74 Å². The van der Waals surface area contributed by atoms with E-state index in [1.807, 2.05) is 25.3 Å². The van der Waals surface area contributed by atoms with Gasteiger partial charge in [-0.2, -0.15) is 0 Å². The van der Waals surface area contributed by atoms with Crippen molar-refractivity contribution in [3.63, 3.8) is 0 Å². The number of nitrogens with one attached hydrogen (secondary N) is 1. The minimum absolute atomic E-state index is 0.675. The summed E-state index contributed by atoms with van der Waals surface area (Å²) in [6.07, 6.45) is 6.81. The van der Waals surface area contributed by atoms with Gasteiger partial charge in [-0.15, -0.1) is 0 Å². The van der Waals surface area contributed by atoms with E-state index in [9.17, 15) is 0 Å². The standard InChI is InChI=1S/C19H23N3O/c1-2-23-15-8-9-18-17(12-15)16(7-3-4-10-20)19(22-18)14-6-5-11-21-13-14/h5-6,8-9,11-13,22H,2-4,7,10,20H2,1H3. The molecule has 0 spiro atoms. The summed E-state index contributed by atoms with van der Waals surface area (Å²) in [6.45, 7) is 3.41. The van der Waals surface area contributed by atoms with Gasteiger partial charge in [0.25, 0.3) is 0 Å². The Hall–Kier alpha value is -2.33. The fourth-order valence-corrected chi connectivity index (χ4v) is 2.95. The summed E-state index contributed by atoms with van der Waals surface area (Å²) < 4.78 is 5.66. The lowest BCUT2D eigenvalue weighted by atomic mass is 10.0. The molecule has 0 aliphatic carbocycles. The van der Waals surface area contributed by atoms with Crippen molar-refractivity contribution in [2.75, 3.05) is 13.2 Å². The average molecular weight is 309 g/mol. The summed E-state index contributed by atoms with van der Waals surface area (Å²) in [5, 5.41) is 1.23. The van der Waals surface area contributed by atoms with Gasteiger partial charge in [-0.1, -0.05) is 0 Å². The monoisotopic (exact) mass is 309 g/mol. The van der Waals surface area contributed by atoms with Crippen LogP contribution in [0.3, 0.4) is 0 Å². The number of hydrogen-bond acceptors (Lipinski definition) is 3. The highest BCUT2D eigenvalue weighted by atomic mass is 16.5. The van der Waals surface area contributed by atoms with Crippen LogP contribution >= 0.6 is 0 Å². The molecule has 3 aromatic rings. The van der Waals surface area contributed by atoms with Crippen LogP contribution in [-0.2, 0) is 6.42 Å². The quantitative estimate of drug-likeness (QED) is 0.650. The fraction of sp³-hybridized carbons (Fsp3) is 0.316. The van der Waals surface area contributed by atoms with E-state index < -0.39 is 0 Å². The van der Waals surface area contributed by atoms with E-state index in [-0.39, 0.29) is 0 Å². The Morgan fingerprint density at radius 2 is 2.13 bits per heavy atom. The third-order valence-corrected chi connectivity index (χ3v) is 4.02. The van der Waals surface area contributed by atoms with Crippen molar-refractivity contribution >= 4 is 10.9 Å². The third kappa shape index (κ3) is 3.37. The summed E-state index contributed by atoms with van der Waals surface area (Å²) in [6, 6.07) is 10.3. The first kappa shape index (κ1) is 15.6. The smallest absolute Gasteiger partial charge is 0.120 e. The molecule has 0 atom stereocenters. The maximum absolute atomic E-state index is 5.66. The van der Waals surface area contributed by atoms with E-state index in [1.165, 1.54) is 10.9 Å². The number of unbranched alkanes of at least 4 members (excludes halogenated alkanes) is 1. The molecule has 0 bridgehead atoms. The Morgan fingerprint density at radius 3 is 2.87 bits per heavy atom. The topological polar surface area (TPSA) is 63.9 Å². The second kappa shape index (κ2) is 7.29. The maximum Gasteiger partial charge on any atom is 0.120 e. The lowest BCUT2D eigenvalue weighted by molar-refractivity contribution is 0.340. The zero-order valence-electron chi connectivity index (χ0n) is 13.5. The maximum atomic E-state index is 5.66. The number of benzene rings is 1. The van der Waals surface area contributed by atoms with Gasteiger partial charge in [-0.25, -0.2) is 0 Å². The van der Waals surface area contributed by atoms with Crippen LogP contribution < -0.4 is 10.5 Å². The Morgan fingerprint density at radius 1 is 1.22 bits per heavy atom. The van der Waals surface area contributed by atoms with Gasteiger partial charge >= 0.3 is 0 Å². The van der Waals surface area contributed by atoms with Gasteiger partial charge in [0.1, 0.15) is 5.75 Å². The molecule has 0 fully saturated rings. The molecule has 2 aromatic heterocycles. The van der Waals surface area contributed by atoms with Crippen LogP contribution in [0.15, 0.2) is 42.7 Å². The molecule has 23 heavy (non-hydrogen) atoms. The Labute approximate surface area is 136 Å². The largest absolute Gasteiger partial charge is 0.494 e. The van der Waals surface area contributed by atoms with Crippen molar-refractivity contribution in [3.05, 3.63) is 48.3 Å². The molecule has 0 saturated heterocycles. The molecule has 0 radical (unpaired) electrons. The predicted octanol–water partition coefficient (Wildman–Crippen LogP) is 3.91. The summed E-state index contributed by atoms with van der Waals surface area (Å²) in [5.41, 5.74) is 10.4. The van der Waals surface area contributed by atoms with Crippen molar-refractivity contribution in [1.29, 1.82) is 0 Å². The molecule has 0 aliphatic heterocycles. The zero-order chi connectivity index (χ0) is 16.1. The number of fused-ring (bicyclic) bond motifs is 1. The molecular weight excluding hydrogens is 286 g/mol. The lowest BCUT2D eigenvalue weighted by Gasteiger charge is -2.06. The van der Waals surface area contributed by atoms with Crippen molar-refractivity contribution in [2.45, 2.75) is 26.2 Å². The number of hydrogen-bond donors (Lipinski definition) is 2. The number of nitrogens with two attached hydrogens (primary N) is 1. The number of aromatic amines is 1. The molecule has 3 N–H and O–H groups in total. The molecular formula is C19H23N3O. The molecule has 4 nitrogen and oxygen atoms in total. The number of nitrogens with zero attached hydrogens (tertiary/aromatic N) is 1. The number of H-pyrrole nitrogens is 1. The van der Waals surface area contributed by atoms with E-state index in [0.29, 0.717) is 6.61 Å². The van der Waals surface area contributed by atoms with E-state index in [2.05, 4.69) is 28.2 Å². The van der Waals surface area contributed by atoms with E-state index >= 15 is 0 Å². The number of ether oxygens (including phenoxy) is 1.